The summed E-state index contributed by atoms with van der Waals surface area (Å²) in [7, 11) is -14.8. The molecular formula is C30H22N2O12S3. The number of benzene rings is 4. The number of rotatable bonds is 8. The standard InChI is InChI=1S/C30H22N2O12S3/c33-19-5-1-3-17(11-19)7-9-29(35)31-23-15-25-21(13-27(23)46(39,40)41)22-14-28(47(42,43)44)24(16-26(22)45(25,37)38)32-30(36)10-8-18-4-2-6-20(34)12-18/h1-16,33-34H,(H,31,35)(H,32,36)(H,39,40,41)(H,42,43,44)/b9-7+,10-8+. The number of sulfone groups is 1. The number of nitrogens with one attached hydrogen (secondary N) is 2. The Morgan fingerprint density at radius 1 is 0.617 bits per heavy atom. The summed E-state index contributed by atoms with van der Waals surface area (Å²) < 4.78 is 96.4. The molecule has 47 heavy (non-hydrogen) atoms. The van der Waals surface area contributed by atoms with Crippen LogP contribution < -0.4 is 10.6 Å². The lowest BCUT2D eigenvalue weighted by molar-refractivity contribution is -0.112. The average molecular weight is 699 g/mol. The van der Waals surface area contributed by atoms with Crippen molar-refractivity contribution in [3.05, 3.63) is 96.1 Å². The maximum Gasteiger partial charge on any atom is 0.296 e. The van der Waals surface area contributed by atoms with E-state index in [0.29, 0.717) is 23.3 Å². The zero-order valence-corrected chi connectivity index (χ0v) is 26.0. The molecule has 4 aromatic carbocycles. The molecular weight excluding hydrogens is 677 g/mol. The monoisotopic (exact) mass is 698 g/mol. The van der Waals surface area contributed by atoms with Gasteiger partial charge in [0.05, 0.1) is 21.2 Å². The minimum atomic E-state index is -5.12. The lowest BCUT2D eigenvalue weighted by Gasteiger charge is -2.12. The molecule has 1 heterocycles. The number of aromatic hydroxyl groups is 2. The van der Waals surface area contributed by atoms with E-state index < -0.39 is 72.8 Å². The molecule has 2 amide bonds. The molecule has 4 aromatic rings. The van der Waals surface area contributed by atoms with E-state index in [4.69, 9.17) is 0 Å². The minimum Gasteiger partial charge on any atom is -0.508 e. The number of amides is 2. The number of phenolic OH excluding ortho intramolecular Hbond substituents is 2. The van der Waals surface area contributed by atoms with Crippen LogP contribution in [-0.2, 0) is 39.7 Å². The molecule has 0 saturated carbocycles. The van der Waals surface area contributed by atoms with E-state index in [2.05, 4.69) is 10.6 Å². The minimum absolute atomic E-state index is 0.0886. The van der Waals surface area contributed by atoms with Gasteiger partial charge in [-0.3, -0.25) is 18.7 Å². The largest absolute Gasteiger partial charge is 0.508 e. The van der Waals surface area contributed by atoms with Crippen LogP contribution >= 0.6 is 0 Å². The maximum absolute atomic E-state index is 13.6. The number of hydrogen-bond donors (Lipinski definition) is 6. The van der Waals surface area contributed by atoms with Gasteiger partial charge >= 0.3 is 0 Å². The Kier molecular flexibility index (Phi) is 8.52. The van der Waals surface area contributed by atoms with Gasteiger partial charge in [0.25, 0.3) is 20.2 Å². The van der Waals surface area contributed by atoms with Crippen molar-refractivity contribution in [1.29, 1.82) is 0 Å². The summed E-state index contributed by atoms with van der Waals surface area (Å²) in [4.78, 5) is 22.3. The third-order valence-electron chi connectivity index (χ3n) is 6.70. The van der Waals surface area contributed by atoms with E-state index in [-0.39, 0.29) is 22.6 Å². The van der Waals surface area contributed by atoms with Crippen molar-refractivity contribution in [3.8, 4) is 22.6 Å². The van der Waals surface area contributed by atoms with Crippen LogP contribution in [0.4, 0.5) is 11.4 Å². The van der Waals surface area contributed by atoms with Gasteiger partial charge in [0, 0.05) is 23.3 Å². The first kappa shape index (κ1) is 33.0. The summed E-state index contributed by atoms with van der Waals surface area (Å²) in [5.41, 5.74) is -1.23. The van der Waals surface area contributed by atoms with E-state index in [1.54, 1.807) is 12.1 Å². The van der Waals surface area contributed by atoms with Gasteiger partial charge in [-0.2, -0.15) is 16.8 Å². The molecule has 0 saturated heterocycles. The Morgan fingerprint density at radius 3 is 1.34 bits per heavy atom. The average Bonchev–Trinajstić information content (AvgIpc) is 3.18. The summed E-state index contributed by atoms with van der Waals surface area (Å²) in [5.74, 6) is -2.06. The highest BCUT2D eigenvalue weighted by molar-refractivity contribution is 7.92. The van der Waals surface area contributed by atoms with Gasteiger partial charge < -0.3 is 20.8 Å². The highest BCUT2D eigenvalue weighted by Crippen LogP contribution is 2.48. The summed E-state index contributed by atoms with van der Waals surface area (Å²) >= 11 is 0. The third-order valence-corrected chi connectivity index (χ3v) is 10.3. The summed E-state index contributed by atoms with van der Waals surface area (Å²) in [6.45, 7) is 0. The maximum atomic E-state index is 13.6. The van der Waals surface area contributed by atoms with E-state index >= 15 is 0 Å². The summed E-state index contributed by atoms with van der Waals surface area (Å²) in [6, 6.07) is 14.5. The topological polar surface area (TPSA) is 242 Å². The highest BCUT2D eigenvalue weighted by atomic mass is 32.2. The molecule has 0 bridgehead atoms. The second-order valence-corrected chi connectivity index (χ2v) is 14.6. The molecule has 1 aliphatic rings. The summed E-state index contributed by atoms with van der Waals surface area (Å²) in [6.07, 6.45) is 4.46. The quantitative estimate of drug-likeness (QED) is 0.100. The zero-order chi connectivity index (χ0) is 34.3. The molecule has 0 aromatic heterocycles. The zero-order valence-electron chi connectivity index (χ0n) is 23.5. The normalized spacial score (nSPS) is 13.7. The first-order valence-corrected chi connectivity index (χ1v) is 17.4. The third kappa shape index (κ3) is 7.08. The number of carbonyl (C=O) groups excluding carboxylic acids is 2. The predicted octanol–water partition coefficient (Wildman–Crippen LogP) is 3.71. The number of phenols is 2. The molecule has 14 nitrogen and oxygen atoms in total. The van der Waals surface area contributed by atoms with Gasteiger partial charge in [-0.05, 0) is 71.8 Å². The van der Waals surface area contributed by atoms with Crippen molar-refractivity contribution in [2.75, 3.05) is 10.6 Å². The lowest BCUT2D eigenvalue weighted by atomic mass is 10.0. The Bertz CT molecular complexity index is 2220. The van der Waals surface area contributed by atoms with E-state index in [1.807, 2.05) is 0 Å². The van der Waals surface area contributed by atoms with Gasteiger partial charge in [0.2, 0.25) is 21.7 Å². The molecule has 5 rings (SSSR count). The van der Waals surface area contributed by atoms with E-state index in [9.17, 15) is 54.2 Å². The van der Waals surface area contributed by atoms with Crippen LogP contribution in [0.15, 0.2) is 105 Å². The van der Waals surface area contributed by atoms with Gasteiger partial charge in [0.1, 0.15) is 21.3 Å². The molecule has 0 atom stereocenters. The Balaban J connectivity index is 1.56. The van der Waals surface area contributed by atoms with Crippen LogP contribution in [0.25, 0.3) is 23.3 Å². The van der Waals surface area contributed by atoms with Crippen molar-refractivity contribution in [2.24, 2.45) is 0 Å². The van der Waals surface area contributed by atoms with Crippen molar-refractivity contribution < 1.29 is 54.2 Å². The van der Waals surface area contributed by atoms with E-state index in [1.165, 1.54) is 48.6 Å². The summed E-state index contributed by atoms with van der Waals surface area (Å²) in [5, 5.41) is 23.6. The van der Waals surface area contributed by atoms with Crippen molar-refractivity contribution in [2.45, 2.75) is 19.6 Å². The van der Waals surface area contributed by atoms with Crippen LogP contribution in [0.5, 0.6) is 11.5 Å². The van der Waals surface area contributed by atoms with Crippen molar-refractivity contribution >= 4 is 65.4 Å². The second kappa shape index (κ2) is 12.1. The Morgan fingerprint density at radius 2 is 1.00 bits per heavy atom. The van der Waals surface area contributed by atoms with E-state index in [0.717, 1.165) is 24.3 Å². The highest BCUT2D eigenvalue weighted by Gasteiger charge is 2.38. The van der Waals surface area contributed by atoms with Crippen molar-refractivity contribution in [1.82, 2.24) is 0 Å². The fourth-order valence-electron chi connectivity index (χ4n) is 4.68. The number of anilines is 2. The fourth-order valence-corrected chi connectivity index (χ4v) is 7.68. The van der Waals surface area contributed by atoms with Crippen LogP contribution in [0.3, 0.4) is 0 Å². The molecule has 242 valence electrons. The number of hydrogen-bond acceptors (Lipinski definition) is 10. The predicted molar refractivity (Wildman–Crippen MR) is 168 cm³/mol. The second-order valence-electron chi connectivity index (χ2n) is 9.98. The molecule has 6 N–H and O–H groups in total. The molecule has 0 spiro atoms. The lowest BCUT2D eigenvalue weighted by Crippen LogP contribution is -2.13. The Hall–Kier alpha value is -5.33. The van der Waals surface area contributed by atoms with Crippen LogP contribution in [0, 0.1) is 0 Å². The SMILES string of the molecule is O=C(/C=C/c1cccc(O)c1)Nc1cc2c(cc1S(=O)(=O)O)-c1cc(S(=O)(=O)O)c(NC(=O)/C=C/c3cccc(O)c3)cc1S2(=O)=O. The van der Waals surface area contributed by atoms with Crippen LogP contribution in [-0.4, -0.2) is 56.4 Å². The number of fused-ring (bicyclic) bond motifs is 3. The van der Waals surface area contributed by atoms with Gasteiger partial charge in [0.15, 0.2) is 0 Å². The molecule has 0 radical (unpaired) electrons. The molecule has 0 aliphatic carbocycles. The molecule has 1 aliphatic heterocycles. The molecule has 17 heteroatoms. The first-order valence-electron chi connectivity index (χ1n) is 13.1. The smallest absolute Gasteiger partial charge is 0.296 e. The van der Waals surface area contributed by atoms with Crippen LogP contribution in [0.1, 0.15) is 11.1 Å². The molecule has 0 unspecified atom stereocenters. The van der Waals surface area contributed by atoms with Gasteiger partial charge in [-0.15, -0.1) is 0 Å². The van der Waals surface area contributed by atoms with Gasteiger partial charge in [-0.25, -0.2) is 8.42 Å². The van der Waals surface area contributed by atoms with Gasteiger partial charge in [-0.1, -0.05) is 24.3 Å². The molecule has 0 fully saturated rings. The Labute approximate surface area is 267 Å². The van der Waals surface area contributed by atoms with Crippen LogP contribution in [0.2, 0.25) is 0 Å². The number of carbonyl (C=O) groups is 2. The fraction of sp³-hybridized carbons (Fsp3) is 0. The first-order chi connectivity index (χ1) is 21.9. The van der Waals surface area contributed by atoms with Crippen molar-refractivity contribution in [3.63, 3.8) is 0 Å².